The van der Waals surface area contributed by atoms with Gasteiger partial charge in [-0.15, -0.1) is 0 Å². The first-order chi connectivity index (χ1) is 11.1. The van der Waals surface area contributed by atoms with Crippen LogP contribution < -0.4 is 10.0 Å². The lowest BCUT2D eigenvalue weighted by Gasteiger charge is -2.29. The first kappa shape index (κ1) is 16.0. The summed E-state index contributed by atoms with van der Waals surface area (Å²) in [6.45, 7) is 3.63. The van der Waals surface area contributed by atoms with E-state index in [1.54, 1.807) is 0 Å². The van der Waals surface area contributed by atoms with Gasteiger partial charge in [0.15, 0.2) is 5.82 Å². The second kappa shape index (κ2) is 6.74. The third kappa shape index (κ3) is 3.74. The second-order valence-corrected chi connectivity index (χ2v) is 7.52. The van der Waals surface area contributed by atoms with Gasteiger partial charge in [0.2, 0.25) is 10.0 Å². The Kier molecular flexibility index (Phi) is 4.70. The van der Waals surface area contributed by atoms with E-state index in [1.165, 1.54) is 12.4 Å². The van der Waals surface area contributed by atoms with Crippen molar-refractivity contribution in [3.8, 4) is 11.4 Å². The van der Waals surface area contributed by atoms with Crippen LogP contribution in [-0.4, -0.2) is 37.5 Å². The number of piperidine rings is 1. The van der Waals surface area contributed by atoms with Crippen LogP contribution in [0.4, 0.5) is 0 Å². The maximum absolute atomic E-state index is 12.5. The average molecular weight is 332 g/mol. The molecule has 0 saturated carbocycles. The lowest BCUT2D eigenvalue weighted by atomic mass is 9.96. The first-order valence-electron chi connectivity index (χ1n) is 7.67. The van der Waals surface area contributed by atoms with E-state index in [4.69, 9.17) is 0 Å². The highest BCUT2D eigenvalue weighted by Gasteiger charge is 2.27. The molecule has 2 aromatic rings. The van der Waals surface area contributed by atoms with Crippen LogP contribution >= 0.6 is 0 Å². The summed E-state index contributed by atoms with van der Waals surface area (Å²) in [6.07, 6.45) is 3.67. The molecule has 2 N–H and O–H groups in total. The zero-order chi connectivity index (χ0) is 16.3. The highest BCUT2D eigenvalue weighted by atomic mass is 32.2. The molecule has 2 atom stereocenters. The molecule has 1 aromatic carbocycles. The van der Waals surface area contributed by atoms with E-state index in [0.717, 1.165) is 18.5 Å². The Labute approximate surface area is 136 Å². The summed E-state index contributed by atoms with van der Waals surface area (Å²) in [5.41, 5.74) is 0.856. The quantitative estimate of drug-likeness (QED) is 0.885. The summed E-state index contributed by atoms with van der Waals surface area (Å²) in [5.74, 6) is 0.813. The van der Waals surface area contributed by atoms with Gasteiger partial charge in [-0.05, 0) is 18.9 Å². The van der Waals surface area contributed by atoms with Crippen LogP contribution in [0.1, 0.15) is 13.3 Å². The summed E-state index contributed by atoms with van der Waals surface area (Å²) in [5, 5.41) is 3.21. The molecule has 0 spiro atoms. The molecule has 1 fully saturated rings. The van der Waals surface area contributed by atoms with E-state index in [1.807, 2.05) is 30.3 Å². The number of hydrogen-bond donors (Lipinski definition) is 2. The van der Waals surface area contributed by atoms with Crippen LogP contribution in [0.25, 0.3) is 11.4 Å². The molecule has 6 nitrogen and oxygen atoms in total. The normalized spacial score (nSPS) is 22.0. The lowest BCUT2D eigenvalue weighted by Crippen LogP contribution is -2.50. The number of aromatic nitrogens is 2. The molecule has 1 saturated heterocycles. The molecule has 3 rings (SSSR count). The Morgan fingerprint density at radius 3 is 2.52 bits per heavy atom. The van der Waals surface area contributed by atoms with Gasteiger partial charge in [0, 0.05) is 18.2 Å². The van der Waals surface area contributed by atoms with Gasteiger partial charge in [0.05, 0.1) is 12.4 Å². The molecule has 23 heavy (non-hydrogen) atoms. The summed E-state index contributed by atoms with van der Waals surface area (Å²) in [4.78, 5) is 8.46. The Bertz CT molecular complexity index is 747. The Morgan fingerprint density at radius 1 is 1.17 bits per heavy atom. The van der Waals surface area contributed by atoms with Crippen LogP contribution in [0.3, 0.4) is 0 Å². The van der Waals surface area contributed by atoms with Crippen molar-refractivity contribution < 1.29 is 8.42 Å². The minimum atomic E-state index is -3.61. The van der Waals surface area contributed by atoms with Gasteiger partial charge in [-0.3, -0.25) is 0 Å². The molecule has 2 heterocycles. The van der Waals surface area contributed by atoms with Gasteiger partial charge in [0.25, 0.3) is 0 Å². The smallest absolute Gasteiger partial charge is 0.243 e. The van der Waals surface area contributed by atoms with Crippen molar-refractivity contribution in [2.45, 2.75) is 24.3 Å². The molecule has 0 radical (unpaired) electrons. The van der Waals surface area contributed by atoms with E-state index in [-0.39, 0.29) is 10.9 Å². The Hall–Kier alpha value is -1.83. The minimum absolute atomic E-state index is 0.0926. The number of benzene rings is 1. The third-order valence-corrected chi connectivity index (χ3v) is 5.55. The molecule has 2 unspecified atom stereocenters. The van der Waals surface area contributed by atoms with E-state index >= 15 is 0 Å². The van der Waals surface area contributed by atoms with Crippen LogP contribution in [0, 0.1) is 5.92 Å². The number of sulfonamides is 1. The van der Waals surface area contributed by atoms with E-state index in [0.29, 0.717) is 18.3 Å². The van der Waals surface area contributed by atoms with Crippen LogP contribution in [0.5, 0.6) is 0 Å². The fourth-order valence-electron chi connectivity index (χ4n) is 2.61. The Morgan fingerprint density at radius 2 is 1.87 bits per heavy atom. The third-order valence-electron chi connectivity index (χ3n) is 4.10. The van der Waals surface area contributed by atoms with Crippen molar-refractivity contribution in [1.82, 2.24) is 20.0 Å². The van der Waals surface area contributed by atoms with Gasteiger partial charge >= 0.3 is 0 Å². The largest absolute Gasteiger partial charge is 0.315 e. The monoisotopic (exact) mass is 332 g/mol. The predicted molar refractivity (Wildman–Crippen MR) is 88.2 cm³/mol. The summed E-state index contributed by atoms with van der Waals surface area (Å²) < 4.78 is 27.7. The predicted octanol–water partition coefficient (Wildman–Crippen LogP) is 1.42. The van der Waals surface area contributed by atoms with Gasteiger partial charge in [-0.1, -0.05) is 37.3 Å². The van der Waals surface area contributed by atoms with Gasteiger partial charge in [-0.2, -0.15) is 0 Å². The highest BCUT2D eigenvalue weighted by Crippen LogP contribution is 2.17. The molecule has 7 heteroatoms. The number of nitrogens with zero attached hydrogens (tertiary/aromatic N) is 2. The van der Waals surface area contributed by atoms with Gasteiger partial charge in [-0.25, -0.2) is 23.1 Å². The van der Waals surface area contributed by atoms with Crippen LogP contribution in [0.15, 0.2) is 47.6 Å². The van der Waals surface area contributed by atoms with E-state index < -0.39 is 10.0 Å². The van der Waals surface area contributed by atoms with Gasteiger partial charge in [0.1, 0.15) is 4.90 Å². The molecule has 0 amide bonds. The summed E-state index contributed by atoms with van der Waals surface area (Å²) in [6, 6.07) is 9.35. The van der Waals surface area contributed by atoms with Crippen molar-refractivity contribution in [1.29, 1.82) is 0 Å². The minimum Gasteiger partial charge on any atom is -0.315 e. The fraction of sp³-hybridized carbons (Fsp3) is 0.375. The second-order valence-electron chi connectivity index (χ2n) is 5.81. The van der Waals surface area contributed by atoms with Crippen molar-refractivity contribution in [3.05, 3.63) is 42.7 Å². The van der Waals surface area contributed by atoms with E-state index in [2.05, 4.69) is 26.9 Å². The molecule has 122 valence electrons. The topological polar surface area (TPSA) is 84.0 Å². The van der Waals surface area contributed by atoms with Crippen LogP contribution in [-0.2, 0) is 10.0 Å². The molecule has 1 aromatic heterocycles. The zero-order valence-electron chi connectivity index (χ0n) is 12.9. The van der Waals surface area contributed by atoms with Gasteiger partial charge < -0.3 is 5.32 Å². The standard InChI is InChI=1S/C16H20N4O2S/c1-12-7-8-17-11-15(12)20-23(21,22)14-9-18-16(19-10-14)13-5-3-2-4-6-13/h2-6,9-10,12,15,17,20H,7-8,11H2,1H3. The van der Waals surface area contributed by atoms with Crippen molar-refractivity contribution in [3.63, 3.8) is 0 Å². The maximum Gasteiger partial charge on any atom is 0.243 e. The van der Waals surface area contributed by atoms with E-state index in [9.17, 15) is 8.42 Å². The number of nitrogens with one attached hydrogen (secondary N) is 2. The molecule has 0 aliphatic carbocycles. The average Bonchev–Trinajstić information content (AvgIpc) is 2.58. The molecular weight excluding hydrogens is 312 g/mol. The highest BCUT2D eigenvalue weighted by molar-refractivity contribution is 7.89. The molecular formula is C16H20N4O2S. The SMILES string of the molecule is CC1CCNCC1NS(=O)(=O)c1cnc(-c2ccccc2)nc1. The van der Waals surface area contributed by atoms with Crippen molar-refractivity contribution >= 4 is 10.0 Å². The maximum atomic E-state index is 12.5. The molecule has 1 aliphatic rings. The van der Waals surface area contributed by atoms with Crippen molar-refractivity contribution in [2.24, 2.45) is 5.92 Å². The van der Waals surface area contributed by atoms with Crippen molar-refractivity contribution in [2.75, 3.05) is 13.1 Å². The summed E-state index contributed by atoms with van der Waals surface area (Å²) in [7, 11) is -3.61. The summed E-state index contributed by atoms with van der Waals surface area (Å²) >= 11 is 0. The van der Waals surface area contributed by atoms with Crippen LogP contribution in [0.2, 0.25) is 0 Å². The fourth-order valence-corrected chi connectivity index (χ4v) is 3.84. The first-order valence-corrected chi connectivity index (χ1v) is 9.15. The lowest BCUT2D eigenvalue weighted by molar-refractivity contribution is 0.327. The Balaban J connectivity index is 1.78. The molecule has 1 aliphatic heterocycles. The zero-order valence-corrected chi connectivity index (χ0v) is 13.8. The number of hydrogen-bond acceptors (Lipinski definition) is 5. The number of rotatable bonds is 4. The molecule has 0 bridgehead atoms.